The van der Waals surface area contributed by atoms with Gasteiger partial charge in [0.05, 0.1) is 11.5 Å². The number of ether oxygens (including phenoxy) is 2. The lowest BCUT2D eigenvalue weighted by Crippen LogP contribution is -2.47. The van der Waals surface area contributed by atoms with Crippen LogP contribution in [0.1, 0.15) is 6.42 Å². The van der Waals surface area contributed by atoms with E-state index in [1.165, 1.54) is 18.2 Å². The fourth-order valence-corrected chi connectivity index (χ4v) is 4.20. The van der Waals surface area contributed by atoms with E-state index in [1.807, 2.05) is 0 Å². The van der Waals surface area contributed by atoms with Crippen LogP contribution in [0.25, 0.3) is 0 Å². The van der Waals surface area contributed by atoms with Gasteiger partial charge in [-0.1, -0.05) is 0 Å². The topological polar surface area (TPSA) is 59.1 Å². The highest BCUT2D eigenvalue weighted by molar-refractivity contribution is 7.92. The molecule has 1 saturated heterocycles. The maximum Gasteiger partial charge on any atom is 0.501 e. The van der Waals surface area contributed by atoms with Gasteiger partial charge in [0.1, 0.15) is 18.2 Å². The molecule has 2 aromatic rings. The average Bonchev–Trinajstić information content (AvgIpc) is 2.79. The highest BCUT2D eigenvalue weighted by Gasteiger charge is 2.46. The predicted octanol–water partition coefficient (Wildman–Crippen LogP) is 3.72. The first kappa shape index (κ1) is 26.2. The van der Waals surface area contributed by atoms with E-state index in [2.05, 4.69) is 9.80 Å². The zero-order valence-corrected chi connectivity index (χ0v) is 19.0. The van der Waals surface area contributed by atoms with Crippen LogP contribution in [-0.4, -0.2) is 76.2 Å². The van der Waals surface area contributed by atoms with Gasteiger partial charge < -0.3 is 14.4 Å². The molecule has 0 radical (unpaired) electrons. The summed E-state index contributed by atoms with van der Waals surface area (Å²) >= 11 is 0. The summed E-state index contributed by atoms with van der Waals surface area (Å²) in [5.41, 5.74) is -5.34. The largest absolute Gasteiger partial charge is 0.501 e. The Labute approximate surface area is 194 Å². The molecule has 34 heavy (non-hydrogen) atoms. The normalized spacial score (nSPS) is 15.9. The number of sulfone groups is 1. The quantitative estimate of drug-likeness (QED) is 0.360. The first-order valence-corrected chi connectivity index (χ1v) is 12.1. The molecule has 0 N–H and O–H groups in total. The minimum absolute atomic E-state index is 0.0247. The Morgan fingerprint density at radius 1 is 0.824 bits per heavy atom. The van der Waals surface area contributed by atoms with Crippen molar-refractivity contribution >= 4 is 9.84 Å². The molecule has 0 atom stereocenters. The first-order chi connectivity index (χ1) is 16.1. The zero-order chi connectivity index (χ0) is 24.8. The summed E-state index contributed by atoms with van der Waals surface area (Å²) in [6, 6.07) is 7.37. The second-order valence-corrected chi connectivity index (χ2v) is 9.67. The molecule has 0 aromatic heterocycles. The van der Waals surface area contributed by atoms with Crippen molar-refractivity contribution in [3.8, 4) is 11.5 Å². The van der Waals surface area contributed by atoms with Crippen molar-refractivity contribution in [2.45, 2.75) is 16.8 Å². The van der Waals surface area contributed by atoms with Gasteiger partial charge in [0.25, 0.3) is 9.84 Å². The van der Waals surface area contributed by atoms with Crippen LogP contribution in [0.2, 0.25) is 0 Å². The molecule has 0 bridgehead atoms. The van der Waals surface area contributed by atoms with Gasteiger partial charge in [0, 0.05) is 45.3 Å². The Morgan fingerprint density at radius 2 is 1.44 bits per heavy atom. The van der Waals surface area contributed by atoms with Gasteiger partial charge in [-0.15, -0.1) is 0 Å². The highest BCUT2D eigenvalue weighted by atomic mass is 32.2. The molecular weight excluding hydrogens is 483 g/mol. The van der Waals surface area contributed by atoms with Gasteiger partial charge in [0.2, 0.25) is 0 Å². The fourth-order valence-electron chi connectivity index (χ4n) is 3.44. The van der Waals surface area contributed by atoms with Crippen molar-refractivity contribution in [2.24, 2.45) is 0 Å². The van der Waals surface area contributed by atoms with Crippen molar-refractivity contribution < 1.29 is 39.8 Å². The SMILES string of the molecule is O=S(=O)(c1ccc(OCCCN2CCN(CCOc3ccc(F)cc3F)CC2)cc1)C(F)(F)F. The molecule has 6 nitrogen and oxygen atoms in total. The summed E-state index contributed by atoms with van der Waals surface area (Å²) in [5, 5.41) is 0. The Morgan fingerprint density at radius 3 is 2.03 bits per heavy atom. The molecule has 0 unspecified atom stereocenters. The van der Waals surface area contributed by atoms with Gasteiger partial charge in [-0.25, -0.2) is 17.2 Å². The fraction of sp³-hybridized carbons (Fsp3) is 0.455. The van der Waals surface area contributed by atoms with Crippen LogP contribution in [0.4, 0.5) is 22.0 Å². The Balaban J connectivity index is 1.31. The van der Waals surface area contributed by atoms with E-state index in [0.717, 1.165) is 57.0 Å². The summed E-state index contributed by atoms with van der Waals surface area (Å²) in [5.74, 6) is -1.06. The van der Waals surface area contributed by atoms with Gasteiger partial charge >= 0.3 is 5.51 Å². The van der Waals surface area contributed by atoms with E-state index in [0.29, 0.717) is 31.9 Å². The van der Waals surface area contributed by atoms with Gasteiger partial charge in [-0.05, 0) is 42.8 Å². The van der Waals surface area contributed by atoms with E-state index in [9.17, 15) is 30.4 Å². The smallest absolute Gasteiger partial charge is 0.494 e. The third kappa shape index (κ3) is 7.03. The molecule has 0 amide bonds. The number of halogens is 5. The molecule has 1 fully saturated rings. The minimum Gasteiger partial charge on any atom is -0.494 e. The predicted molar refractivity (Wildman–Crippen MR) is 115 cm³/mol. The lowest BCUT2D eigenvalue weighted by Gasteiger charge is -2.34. The number of rotatable bonds is 10. The molecule has 188 valence electrons. The molecule has 2 aromatic carbocycles. The third-order valence-electron chi connectivity index (χ3n) is 5.35. The number of benzene rings is 2. The Kier molecular flexibility index (Phi) is 8.72. The van der Waals surface area contributed by atoms with Gasteiger partial charge in [-0.2, -0.15) is 13.2 Å². The number of alkyl halides is 3. The number of nitrogens with zero attached hydrogens (tertiary/aromatic N) is 2. The maximum atomic E-state index is 13.6. The Bertz CT molecular complexity index is 1040. The first-order valence-electron chi connectivity index (χ1n) is 10.6. The molecule has 12 heteroatoms. The monoisotopic (exact) mass is 508 g/mol. The second kappa shape index (κ2) is 11.3. The number of hydrogen-bond donors (Lipinski definition) is 0. The summed E-state index contributed by atoms with van der Waals surface area (Å²) < 4.78 is 97.8. The van der Waals surface area contributed by atoms with Gasteiger partial charge in [0.15, 0.2) is 11.6 Å². The van der Waals surface area contributed by atoms with E-state index in [1.54, 1.807) is 0 Å². The van der Waals surface area contributed by atoms with E-state index in [4.69, 9.17) is 9.47 Å². The number of piperazine rings is 1. The Hall–Kier alpha value is -2.44. The summed E-state index contributed by atoms with van der Waals surface area (Å²) in [7, 11) is -5.37. The molecule has 0 saturated carbocycles. The van der Waals surface area contributed by atoms with Crippen LogP contribution < -0.4 is 9.47 Å². The molecule has 3 rings (SSSR count). The minimum atomic E-state index is -5.37. The molecule has 1 aliphatic rings. The van der Waals surface area contributed by atoms with Crippen molar-refractivity contribution in [1.82, 2.24) is 9.80 Å². The van der Waals surface area contributed by atoms with Crippen LogP contribution in [0, 0.1) is 11.6 Å². The summed E-state index contributed by atoms with van der Waals surface area (Å²) in [6.07, 6.45) is 0.690. The van der Waals surface area contributed by atoms with Crippen molar-refractivity contribution in [3.63, 3.8) is 0 Å². The van der Waals surface area contributed by atoms with Crippen LogP contribution in [0.15, 0.2) is 47.4 Å². The zero-order valence-electron chi connectivity index (χ0n) is 18.2. The second-order valence-electron chi connectivity index (χ2n) is 7.73. The summed E-state index contributed by atoms with van der Waals surface area (Å²) in [6.45, 7) is 5.29. The maximum absolute atomic E-state index is 13.6. The van der Waals surface area contributed by atoms with E-state index in [-0.39, 0.29) is 5.75 Å². The molecule has 1 aliphatic heterocycles. The standard InChI is InChI=1S/C22H25F5N2O4S/c23-17-2-7-21(20(24)16-17)33-15-13-29-11-9-28(10-12-29)8-1-14-32-18-3-5-19(6-4-18)34(30,31)22(25,26)27/h2-7,16H,1,8-15H2. The van der Waals surface area contributed by atoms with Crippen molar-refractivity contribution in [3.05, 3.63) is 54.1 Å². The third-order valence-corrected chi connectivity index (χ3v) is 6.85. The lowest BCUT2D eigenvalue weighted by molar-refractivity contribution is -0.0436. The van der Waals surface area contributed by atoms with Crippen LogP contribution in [0.5, 0.6) is 11.5 Å². The molecular formula is C22H25F5N2O4S. The molecule has 1 heterocycles. The molecule has 0 spiro atoms. The van der Waals surface area contributed by atoms with Crippen molar-refractivity contribution in [2.75, 3.05) is 52.5 Å². The van der Waals surface area contributed by atoms with Crippen LogP contribution in [-0.2, 0) is 9.84 Å². The van der Waals surface area contributed by atoms with Crippen LogP contribution in [0.3, 0.4) is 0 Å². The van der Waals surface area contributed by atoms with Crippen molar-refractivity contribution in [1.29, 1.82) is 0 Å². The average molecular weight is 509 g/mol. The molecule has 0 aliphatic carbocycles. The summed E-state index contributed by atoms with van der Waals surface area (Å²) in [4.78, 5) is 3.61. The number of hydrogen-bond acceptors (Lipinski definition) is 6. The lowest BCUT2D eigenvalue weighted by atomic mass is 10.3. The highest BCUT2D eigenvalue weighted by Crippen LogP contribution is 2.31. The van der Waals surface area contributed by atoms with E-state index < -0.39 is 31.9 Å². The van der Waals surface area contributed by atoms with Crippen LogP contribution >= 0.6 is 0 Å². The van der Waals surface area contributed by atoms with Gasteiger partial charge in [-0.3, -0.25) is 4.90 Å². The van der Waals surface area contributed by atoms with E-state index >= 15 is 0 Å².